The molecule has 2 aromatic rings. The van der Waals surface area contributed by atoms with Gasteiger partial charge in [0.25, 0.3) is 0 Å². The predicted octanol–water partition coefficient (Wildman–Crippen LogP) is 1.63. The number of hydrogen-bond acceptors (Lipinski definition) is 4. The highest BCUT2D eigenvalue weighted by atomic mass is 35.5. The van der Waals surface area contributed by atoms with Crippen molar-refractivity contribution < 1.29 is 4.79 Å². The lowest BCUT2D eigenvalue weighted by Crippen LogP contribution is -2.52. The van der Waals surface area contributed by atoms with Crippen molar-refractivity contribution in [1.29, 1.82) is 0 Å². The third-order valence-corrected chi connectivity index (χ3v) is 4.15. The highest BCUT2D eigenvalue weighted by Crippen LogP contribution is 2.29. The molecule has 21 heavy (non-hydrogen) atoms. The summed E-state index contributed by atoms with van der Waals surface area (Å²) in [6.45, 7) is 1.90. The summed E-state index contributed by atoms with van der Waals surface area (Å²) in [6, 6.07) is 0. The first-order valence-corrected chi connectivity index (χ1v) is 6.99. The Kier molecular flexibility index (Phi) is 4.25. The molecule has 1 saturated carbocycles. The summed E-state index contributed by atoms with van der Waals surface area (Å²) < 4.78 is 1.69. The van der Waals surface area contributed by atoms with Crippen LogP contribution in [0.4, 0.5) is 5.82 Å². The molecule has 0 radical (unpaired) electrons. The zero-order valence-electron chi connectivity index (χ0n) is 12.3. The molecule has 1 amide bonds. The van der Waals surface area contributed by atoms with E-state index in [2.05, 4.69) is 20.6 Å². The molecule has 0 saturated heterocycles. The molecule has 0 bridgehead atoms. The topological polar surface area (TPSA) is 102 Å². The number of H-pyrrole nitrogens is 1. The average Bonchev–Trinajstić information content (AvgIpc) is 2.94. The molecule has 0 unspecified atom stereocenters. The Labute approximate surface area is 129 Å². The van der Waals surface area contributed by atoms with E-state index in [1.807, 2.05) is 14.0 Å². The number of hydrogen-bond donors (Lipinski definition) is 3. The number of carbonyl (C=O) groups is 1. The van der Waals surface area contributed by atoms with Gasteiger partial charge >= 0.3 is 0 Å². The van der Waals surface area contributed by atoms with E-state index < -0.39 is 5.54 Å². The molecular weight excluding hydrogens is 292 g/mol. The molecule has 3 rings (SSSR count). The zero-order chi connectivity index (χ0) is 14.3. The Morgan fingerprint density at radius 3 is 2.71 bits per heavy atom. The van der Waals surface area contributed by atoms with Crippen LogP contribution in [0.1, 0.15) is 37.8 Å². The average molecular weight is 313 g/mol. The molecular formula is C13H21ClN6O. The fourth-order valence-electron chi connectivity index (χ4n) is 2.97. The first kappa shape index (κ1) is 15.8. The number of anilines is 1. The van der Waals surface area contributed by atoms with Crippen molar-refractivity contribution >= 4 is 35.2 Å². The Morgan fingerprint density at radius 1 is 1.38 bits per heavy atom. The zero-order valence-corrected chi connectivity index (χ0v) is 13.1. The molecule has 8 heteroatoms. The van der Waals surface area contributed by atoms with Crippen LogP contribution >= 0.6 is 12.4 Å². The van der Waals surface area contributed by atoms with Gasteiger partial charge < -0.3 is 11.1 Å². The quantitative estimate of drug-likeness (QED) is 0.784. The van der Waals surface area contributed by atoms with E-state index in [1.165, 1.54) is 0 Å². The summed E-state index contributed by atoms with van der Waals surface area (Å²) in [6.07, 6.45) is 4.65. The van der Waals surface area contributed by atoms with Crippen molar-refractivity contribution in [2.45, 2.75) is 44.6 Å². The first-order valence-electron chi connectivity index (χ1n) is 6.99. The fourth-order valence-corrected chi connectivity index (χ4v) is 2.97. The van der Waals surface area contributed by atoms with E-state index in [9.17, 15) is 4.79 Å². The lowest BCUT2D eigenvalue weighted by atomic mass is 9.82. The monoisotopic (exact) mass is 312 g/mol. The summed E-state index contributed by atoms with van der Waals surface area (Å²) in [5, 5.41) is 15.1. The largest absolute Gasteiger partial charge is 0.317 e. The second-order valence-corrected chi connectivity index (χ2v) is 5.68. The number of nitrogens with zero attached hydrogens (tertiary/aromatic N) is 3. The molecule has 0 spiro atoms. The SMILES string of the molecule is Cc1nn(C)c2n[nH]c(NC(=O)C3(N)CCCCC3)c12.Cl. The van der Waals surface area contributed by atoms with Gasteiger partial charge in [-0.15, -0.1) is 12.4 Å². The predicted molar refractivity (Wildman–Crippen MR) is 83.5 cm³/mol. The van der Waals surface area contributed by atoms with Crippen LogP contribution in [0.3, 0.4) is 0 Å². The van der Waals surface area contributed by atoms with Gasteiger partial charge in [0.15, 0.2) is 5.65 Å². The minimum absolute atomic E-state index is 0. The van der Waals surface area contributed by atoms with Gasteiger partial charge in [-0.05, 0) is 19.8 Å². The third kappa shape index (κ3) is 2.63. The molecule has 0 atom stereocenters. The molecule has 0 aromatic carbocycles. The molecule has 116 valence electrons. The molecule has 1 fully saturated rings. The maximum absolute atomic E-state index is 12.4. The van der Waals surface area contributed by atoms with E-state index in [1.54, 1.807) is 4.68 Å². The summed E-state index contributed by atoms with van der Waals surface area (Å²) >= 11 is 0. The Morgan fingerprint density at radius 2 is 2.05 bits per heavy atom. The molecule has 4 N–H and O–H groups in total. The second-order valence-electron chi connectivity index (χ2n) is 5.68. The number of nitrogens with one attached hydrogen (secondary N) is 2. The van der Waals surface area contributed by atoms with Crippen LogP contribution in [0.25, 0.3) is 11.0 Å². The van der Waals surface area contributed by atoms with Gasteiger partial charge in [-0.1, -0.05) is 19.3 Å². The first-order chi connectivity index (χ1) is 9.51. The number of fused-ring (bicyclic) bond motifs is 1. The van der Waals surface area contributed by atoms with Crippen molar-refractivity contribution in [2.75, 3.05) is 5.32 Å². The number of carbonyl (C=O) groups excluding carboxylic acids is 1. The number of amides is 1. The van der Waals surface area contributed by atoms with Gasteiger partial charge in [-0.2, -0.15) is 10.2 Å². The number of aromatic nitrogens is 4. The number of rotatable bonds is 2. The lowest BCUT2D eigenvalue weighted by molar-refractivity contribution is -0.122. The van der Waals surface area contributed by atoms with Crippen LogP contribution in [0.15, 0.2) is 0 Å². The summed E-state index contributed by atoms with van der Waals surface area (Å²) in [4.78, 5) is 12.4. The van der Waals surface area contributed by atoms with Crippen molar-refractivity contribution in [3.63, 3.8) is 0 Å². The third-order valence-electron chi connectivity index (χ3n) is 4.15. The van der Waals surface area contributed by atoms with Crippen LogP contribution in [-0.4, -0.2) is 31.4 Å². The fraction of sp³-hybridized carbons (Fsp3) is 0.615. The van der Waals surface area contributed by atoms with E-state index in [0.29, 0.717) is 5.82 Å². The molecule has 2 aromatic heterocycles. The minimum Gasteiger partial charge on any atom is -0.317 e. The molecule has 1 aliphatic rings. The van der Waals surface area contributed by atoms with E-state index in [0.717, 1.165) is 48.8 Å². The van der Waals surface area contributed by atoms with Crippen molar-refractivity contribution in [3.05, 3.63) is 5.69 Å². The van der Waals surface area contributed by atoms with Crippen LogP contribution in [0.2, 0.25) is 0 Å². The van der Waals surface area contributed by atoms with E-state index in [-0.39, 0.29) is 18.3 Å². The van der Waals surface area contributed by atoms with Crippen LogP contribution in [0, 0.1) is 6.92 Å². The number of aromatic amines is 1. The van der Waals surface area contributed by atoms with Crippen LogP contribution < -0.4 is 11.1 Å². The maximum Gasteiger partial charge on any atom is 0.245 e. The maximum atomic E-state index is 12.4. The summed E-state index contributed by atoms with van der Waals surface area (Å²) in [5.74, 6) is 0.456. The van der Waals surface area contributed by atoms with Gasteiger partial charge in [0.05, 0.1) is 16.6 Å². The van der Waals surface area contributed by atoms with E-state index in [4.69, 9.17) is 5.73 Å². The van der Waals surface area contributed by atoms with Gasteiger partial charge in [0.1, 0.15) is 5.82 Å². The molecule has 7 nitrogen and oxygen atoms in total. The van der Waals surface area contributed by atoms with Crippen LogP contribution in [0.5, 0.6) is 0 Å². The number of aryl methyl sites for hydroxylation is 2. The lowest BCUT2D eigenvalue weighted by Gasteiger charge is -2.31. The number of halogens is 1. The van der Waals surface area contributed by atoms with Gasteiger partial charge in [-0.3, -0.25) is 9.89 Å². The molecule has 1 aliphatic carbocycles. The Bertz CT molecular complexity index is 655. The van der Waals surface area contributed by atoms with Crippen molar-refractivity contribution in [2.24, 2.45) is 12.8 Å². The Hall–Kier alpha value is -1.60. The molecule has 2 heterocycles. The van der Waals surface area contributed by atoms with Gasteiger partial charge in [0.2, 0.25) is 5.91 Å². The summed E-state index contributed by atoms with van der Waals surface area (Å²) in [5.41, 5.74) is 7.04. The van der Waals surface area contributed by atoms with Gasteiger partial charge in [-0.25, -0.2) is 4.68 Å². The highest BCUT2D eigenvalue weighted by Gasteiger charge is 2.35. The van der Waals surface area contributed by atoms with Crippen LogP contribution in [-0.2, 0) is 11.8 Å². The standard InChI is InChI=1S/C13H20N6O.ClH/c1-8-9-10(16-17-11(9)19(2)18-8)15-12(20)13(14)6-4-3-5-7-13;/h3-7,14H2,1-2H3,(H2,15,16,17,20);1H. The summed E-state index contributed by atoms with van der Waals surface area (Å²) in [7, 11) is 1.83. The number of nitrogens with two attached hydrogens (primary N) is 1. The normalized spacial score (nSPS) is 17.5. The smallest absolute Gasteiger partial charge is 0.245 e. The van der Waals surface area contributed by atoms with Crippen molar-refractivity contribution in [1.82, 2.24) is 20.0 Å². The Balaban J connectivity index is 0.00000161. The second kappa shape index (κ2) is 5.65. The minimum atomic E-state index is -0.758. The van der Waals surface area contributed by atoms with Crippen molar-refractivity contribution in [3.8, 4) is 0 Å². The van der Waals surface area contributed by atoms with E-state index >= 15 is 0 Å². The highest BCUT2D eigenvalue weighted by molar-refractivity contribution is 6.03. The van der Waals surface area contributed by atoms with Gasteiger partial charge in [0, 0.05) is 7.05 Å². The molecule has 0 aliphatic heterocycles.